The molecule has 36 heavy (non-hydrogen) atoms. The Morgan fingerprint density at radius 3 is 2.25 bits per heavy atom. The quantitative estimate of drug-likeness (QED) is 0.319. The van der Waals surface area contributed by atoms with Crippen LogP contribution >= 0.6 is 0 Å². The van der Waals surface area contributed by atoms with Crippen LogP contribution < -0.4 is 10.5 Å². The van der Waals surface area contributed by atoms with Crippen LogP contribution in [0.5, 0.6) is 0 Å². The predicted molar refractivity (Wildman–Crippen MR) is 129 cm³/mol. The Morgan fingerprint density at radius 2 is 1.61 bits per heavy atom. The second kappa shape index (κ2) is 9.96. The first-order chi connectivity index (χ1) is 17.0. The topological polar surface area (TPSA) is 118 Å². The van der Waals surface area contributed by atoms with Gasteiger partial charge in [0.2, 0.25) is 15.9 Å². The molecule has 0 spiro atoms. The van der Waals surface area contributed by atoms with Gasteiger partial charge in [-0.1, -0.05) is 42.5 Å². The molecule has 0 fully saturated rings. The molecule has 1 amide bonds. The molecule has 4 rings (SSSR count). The summed E-state index contributed by atoms with van der Waals surface area (Å²) in [6, 6.07) is 18.2. The third-order valence-corrected chi connectivity index (χ3v) is 6.88. The molecular weight excluding hydrogens is 493 g/mol. The summed E-state index contributed by atoms with van der Waals surface area (Å²) in [6.45, 7) is -0.121. The molecule has 0 saturated heterocycles. The van der Waals surface area contributed by atoms with Crippen LogP contribution in [0.25, 0.3) is 33.8 Å². The summed E-state index contributed by atoms with van der Waals surface area (Å²) in [7, 11) is -3.83. The van der Waals surface area contributed by atoms with E-state index < -0.39 is 27.7 Å². The molecule has 186 valence electrons. The van der Waals surface area contributed by atoms with Crippen molar-refractivity contribution in [2.45, 2.75) is 17.5 Å². The lowest BCUT2D eigenvalue weighted by molar-refractivity contribution is -0.137. The summed E-state index contributed by atoms with van der Waals surface area (Å²) in [6.07, 6.45) is -3.27. The SMILES string of the molecule is NC(=O)CCNS(=O)(=O)c1ccc(-c2ncc(-c3ccc(-c4ccccc4)c(C(F)(F)F)c3)[nH]2)cc1. The molecule has 0 atom stereocenters. The Morgan fingerprint density at radius 1 is 0.944 bits per heavy atom. The molecule has 11 heteroatoms. The zero-order valence-electron chi connectivity index (χ0n) is 18.7. The number of rotatable bonds is 8. The van der Waals surface area contributed by atoms with Crippen molar-refractivity contribution >= 4 is 15.9 Å². The molecule has 0 bridgehead atoms. The largest absolute Gasteiger partial charge is 0.417 e. The van der Waals surface area contributed by atoms with E-state index in [9.17, 15) is 26.4 Å². The van der Waals surface area contributed by atoms with Crippen LogP contribution in [0, 0.1) is 0 Å². The number of amides is 1. The maximum atomic E-state index is 13.8. The highest BCUT2D eigenvalue weighted by atomic mass is 32.2. The second-order valence-corrected chi connectivity index (χ2v) is 9.68. The van der Waals surface area contributed by atoms with E-state index >= 15 is 0 Å². The number of nitrogens with two attached hydrogens (primary N) is 1. The van der Waals surface area contributed by atoms with Gasteiger partial charge in [-0.05, 0) is 41.5 Å². The zero-order valence-corrected chi connectivity index (χ0v) is 19.5. The molecule has 4 N–H and O–H groups in total. The van der Waals surface area contributed by atoms with Gasteiger partial charge in [0.25, 0.3) is 0 Å². The average molecular weight is 515 g/mol. The monoisotopic (exact) mass is 514 g/mol. The number of sulfonamides is 1. The molecule has 0 radical (unpaired) electrons. The molecule has 4 aromatic rings. The summed E-state index contributed by atoms with van der Waals surface area (Å²) < 4.78 is 68.5. The summed E-state index contributed by atoms with van der Waals surface area (Å²) in [4.78, 5) is 18.0. The number of nitrogens with one attached hydrogen (secondary N) is 2. The Kier molecular flexibility index (Phi) is 6.95. The van der Waals surface area contributed by atoms with Crippen LogP contribution in [0.3, 0.4) is 0 Å². The Balaban J connectivity index is 1.59. The maximum Gasteiger partial charge on any atom is 0.417 e. The minimum atomic E-state index is -4.56. The van der Waals surface area contributed by atoms with Gasteiger partial charge >= 0.3 is 6.18 Å². The molecule has 1 aromatic heterocycles. The van der Waals surface area contributed by atoms with Crippen LogP contribution in [0.15, 0.2) is 83.9 Å². The molecule has 0 aliphatic carbocycles. The number of nitrogens with zero attached hydrogens (tertiary/aromatic N) is 1. The van der Waals surface area contributed by atoms with Crippen molar-refractivity contribution in [1.82, 2.24) is 14.7 Å². The van der Waals surface area contributed by atoms with Gasteiger partial charge in [0.1, 0.15) is 5.82 Å². The maximum absolute atomic E-state index is 13.8. The zero-order chi connectivity index (χ0) is 25.9. The normalized spacial score (nSPS) is 12.0. The van der Waals surface area contributed by atoms with Gasteiger partial charge in [0.15, 0.2) is 0 Å². The highest BCUT2D eigenvalue weighted by Gasteiger charge is 2.34. The van der Waals surface area contributed by atoms with E-state index in [0.717, 1.165) is 6.07 Å². The molecule has 0 aliphatic heterocycles. The fourth-order valence-corrected chi connectivity index (χ4v) is 4.65. The van der Waals surface area contributed by atoms with Gasteiger partial charge in [-0.25, -0.2) is 18.1 Å². The predicted octanol–water partition coefficient (Wildman–Crippen LogP) is 4.58. The summed E-state index contributed by atoms with van der Waals surface area (Å²) >= 11 is 0. The van der Waals surface area contributed by atoms with Gasteiger partial charge in [-0.15, -0.1) is 0 Å². The third-order valence-electron chi connectivity index (χ3n) is 5.40. The molecule has 3 aromatic carbocycles. The number of H-pyrrole nitrogens is 1. The van der Waals surface area contributed by atoms with Crippen LogP contribution in [0.4, 0.5) is 13.2 Å². The van der Waals surface area contributed by atoms with Crippen molar-refractivity contribution in [3.8, 4) is 33.8 Å². The molecule has 0 unspecified atom stereocenters. The van der Waals surface area contributed by atoms with Crippen LogP contribution in [0.2, 0.25) is 0 Å². The van der Waals surface area contributed by atoms with E-state index in [1.54, 1.807) is 36.4 Å². The fraction of sp³-hybridized carbons (Fsp3) is 0.120. The highest BCUT2D eigenvalue weighted by Crippen LogP contribution is 2.39. The Hall–Kier alpha value is -3.96. The van der Waals surface area contributed by atoms with Crippen molar-refractivity contribution in [3.63, 3.8) is 0 Å². The third kappa shape index (κ3) is 5.64. The first-order valence-corrected chi connectivity index (χ1v) is 12.2. The number of carbonyl (C=O) groups excluding carboxylic acids is 1. The van der Waals surface area contributed by atoms with Crippen LogP contribution in [-0.2, 0) is 21.0 Å². The summed E-state index contributed by atoms with van der Waals surface area (Å²) in [5.74, 6) is -0.268. The lowest BCUT2D eigenvalue weighted by atomic mass is 9.96. The van der Waals surface area contributed by atoms with E-state index in [-0.39, 0.29) is 23.4 Å². The number of aromatic nitrogens is 2. The first-order valence-electron chi connectivity index (χ1n) is 10.7. The number of alkyl halides is 3. The van der Waals surface area contributed by atoms with Gasteiger partial charge in [0, 0.05) is 24.1 Å². The first kappa shape index (κ1) is 25.1. The summed E-state index contributed by atoms with van der Waals surface area (Å²) in [5, 5.41) is 0. The number of imidazole rings is 1. The molecule has 0 saturated carbocycles. The van der Waals surface area contributed by atoms with Gasteiger partial charge < -0.3 is 10.7 Å². The number of carbonyl (C=O) groups is 1. The van der Waals surface area contributed by atoms with E-state index in [0.29, 0.717) is 28.2 Å². The van der Waals surface area contributed by atoms with E-state index in [4.69, 9.17) is 5.73 Å². The summed E-state index contributed by atoms with van der Waals surface area (Å²) in [5.41, 5.74) is 6.00. The Bertz CT molecular complexity index is 1480. The van der Waals surface area contributed by atoms with Crippen molar-refractivity contribution in [2.75, 3.05) is 6.54 Å². The Labute approximate surface area is 205 Å². The number of primary amides is 1. The number of halogens is 3. The average Bonchev–Trinajstić information content (AvgIpc) is 3.34. The minimum absolute atomic E-state index is 0.0196. The fourth-order valence-electron chi connectivity index (χ4n) is 3.61. The van der Waals surface area contributed by atoms with Crippen molar-refractivity contribution in [3.05, 3.63) is 84.6 Å². The number of benzene rings is 3. The second-order valence-electron chi connectivity index (χ2n) is 7.91. The van der Waals surface area contributed by atoms with Crippen LogP contribution in [-0.4, -0.2) is 30.8 Å². The minimum Gasteiger partial charge on any atom is -0.370 e. The van der Waals surface area contributed by atoms with Gasteiger partial charge in [0.05, 0.1) is 22.3 Å². The number of hydrogen-bond acceptors (Lipinski definition) is 4. The number of hydrogen-bond donors (Lipinski definition) is 3. The lowest BCUT2D eigenvalue weighted by Crippen LogP contribution is -2.28. The lowest BCUT2D eigenvalue weighted by Gasteiger charge is -2.14. The van der Waals surface area contributed by atoms with Crippen LogP contribution in [0.1, 0.15) is 12.0 Å². The standard InChI is InChI=1S/C25H21F3N4O3S/c26-25(27,28)21-14-18(8-11-20(21)16-4-2-1-3-5-16)22-15-30-24(32-22)17-6-9-19(10-7-17)36(34,35)31-13-12-23(29)33/h1-11,14-15,31H,12-13H2,(H2,29,33)(H,30,32). The molecule has 1 heterocycles. The highest BCUT2D eigenvalue weighted by molar-refractivity contribution is 7.89. The van der Waals surface area contributed by atoms with E-state index in [2.05, 4.69) is 14.7 Å². The van der Waals surface area contributed by atoms with Crippen molar-refractivity contribution in [1.29, 1.82) is 0 Å². The smallest absolute Gasteiger partial charge is 0.370 e. The van der Waals surface area contributed by atoms with E-state index in [1.165, 1.54) is 36.5 Å². The van der Waals surface area contributed by atoms with Crippen molar-refractivity contribution < 1.29 is 26.4 Å². The van der Waals surface area contributed by atoms with E-state index in [1.807, 2.05) is 0 Å². The van der Waals surface area contributed by atoms with Gasteiger partial charge in [-0.2, -0.15) is 13.2 Å². The van der Waals surface area contributed by atoms with Gasteiger partial charge in [-0.3, -0.25) is 4.79 Å². The van der Waals surface area contributed by atoms with Crippen molar-refractivity contribution in [2.24, 2.45) is 5.73 Å². The molecular formula is C25H21F3N4O3S. The molecule has 7 nitrogen and oxygen atoms in total. The molecule has 0 aliphatic rings. The number of aromatic amines is 1.